The molecule has 1 aliphatic carbocycles. The average molecular weight is 121 g/mol. The van der Waals surface area contributed by atoms with E-state index in [0.29, 0.717) is 6.04 Å². The van der Waals surface area contributed by atoms with Crippen molar-refractivity contribution < 1.29 is 4.74 Å². The number of ether oxygens (including phenoxy) is 1. The molecule has 2 rings (SSSR count). The minimum atomic E-state index is 0.176. The number of hydrogen-bond acceptors (Lipinski definition) is 2. The van der Waals surface area contributed by atoms with Crippen molar-refractivity contribution in [3.05, 3.63) is 31.0 Å². The minimum Gasteiger partial charge on any atom is -0.342 e. The predicted octanol–water partition coefficient (Wildman–Crippen LogP) is 0.466. The zero-order valence-electron chi connectivity index (χ0n) is 4.87. The van der Waals surface area contributed by atoms with Crippen molar-refractivity contribution in [3.63, 3.8) is 0 Å². The SMILES string of the molecule is [C]1NC2C=CC=CC2O1. The molecular weight excluding hydrogens is 114 g/mol. The van der Waals surface area contributed by atoms with Crippen LogP contribution < -0.4 is 5.32 Å². The maximum absolute atomic E-state index is 5.06. The summed E-state index contributed by atoms with van der Waals surface area (Å²) < 4.78 is 5.06. The summed E-state index contributed by atoms with van der Waals surface area (Å²) in [5.41, 5.74) is 0. The van der Waals surface area contributed by atoms with Gasteiger partial charge in [-0.2, -0.15) is 0 Å². The lowest BCUT2D eigenvalue weighted by Crippen LogP contribution is -2.27. The molecule has 2 atom stereocenters. The summed E-state index contributed by atoms with van der Waals surface area (Å²) >= 11 is 0. The van der Waals surface area contributed by atoms with Crippen molar-refractivity contribution in [2.75, 3.05) is 0 Å². The molecule has 0 bridgehead atoms. The van der Waals surface area contributed by atoms with Gasteiger partial charge in [0.25, 0.3) is 0 Å². The van der Waals surface area contributed by atoms with Crippen LogP contribution in [0.1, 0.15) is 0 Å². The van der Waals surface area contributed by atoms with E-state index in [9.17, 15) is 0 Å². The van der Waals surface area contributed by atoms with Gasteiger partial charge in [-0.3, -0.25) is 5.32 Å². The first-order chi connectivity index (χ1) is 4.47. The molecule has 1 N–H and O–H groups in total. The van der Waals surface area contributed by atoms with Crippen molar-refractivity contribution in [3.8, 4) is 0 Å². The summed E-state index contributed by atoms with van der Waals surface area (Å²) in [4.78, 5) is 0. The van der Waals surface area contributed by atoms with E-state index in [1.165, 1.54) is 0 Å². The van der Waals surface area contributed by atoms with Gasteiger partial charge in [-0.15, -0.1) is 0 Å². The van der Waals surface area contributed by atoms with Gasteiger partial charge >= 0.3 is 0 Å². The Hall–Kier alpha value is -0.600. The summed E-state index contributed by atoms with van der Waals surface area (Å²) in [5.74, 6) is 0. The topological polar surface area (TPSA) is 21.3 Å². The Morgan fingerprint density at radius 2 is 2.22 bits per heavy atom. The van der Waals surface area contributed by atoms with Gasteiger partial charge in [-0.05, 0) is 0 Å². The molecule has 0 amide bonds. The molecule has 1 aliphatic heterocycles. The molecule has 46 valence electrons. The second-order valence-corrected chi connectivity index (χ2v) is 2.12. The van der Waals surface area contributed by atoms with Crippen LogP contribution in [0.25, 0.3) is 0 Å². The highest BCUT2D eigenvalue weighted by Gasteiger charge is 2.25. The maximum Gasteiger partial charge on any atom is 0.215 e. The van der Waals surface area contributed by atoms with Crippen LogP contribution in [-0.4, -0.2) is 12.1 Å². The van der Waals surface area contributed by atoms with E-state index in [0.717, 1.165) is 0 Å². The molecule has 2 aliphatic rings. The van der Waals surface area contributed by atoms with Gasteiger partial charge in [0.05, 0.1) is 12.1 Å². The quantitative estimate of drug-likeness (QED) is 0.503. The summed E-state index contributed by atoms with van der Waals surface area (Å²) in [6.07, 6.45) is 8.23. The van der Waals surface area contributed by atoms with Crippen molar-refractivity contribution in [1.82, 2.24) is 5.32 Å². The van der Waals surface area contributed by atoms with E-state index < -0.39 is 0 Å². The van der Waals surface area contributed by atoms with Crippen molar-refractivity contribution in [2.24, 2.45) is 0 Å². The van der Waals surface area contributed by atoms with Gasteiger partial charge in [0.2, 0.25) is 6.73 Å². The molecule has 0 spiro atoms. The lowest BCUT2D eigenvalue weighted by atomic mass is 10.1. The average Bonchev–Trinajstić information content (AvgIpc) is 2.33. The van der Waals surface area contributed by atoms with Crippen molar-refractivity contribution in [2.45, 2.75) is 12.1 Å². The molecule has 9 heavy (non-hydrogen) atoms. The first-order valence-corrected chi connectivity index (χ1v) is 2.98. The van der Waals surface area contributed by atoms with Crippen LogP contribution in [0.15, 0.2) is 24.3 Å². The van der Waals surface area contributed by atoms with E-state index in [4.69, 9.17) is 4.74 Å². The normalized spacial score (nSPS) is 39.1. The van der Waals surface area contributed by atoms with E-state index in [1.807, 2.05) is 18.2 Å². The fourth-order valence-electron chi connectivity index (χ4n) is 1.000. The number of rotatable bonds is 0. The van der Waals surface area contributed by atoms with Crippen LogP contribution in [-0.2, 0) is 4.74 Å². The highest BCUT2D eigenvalue weighted by molar-refractivity contribution is 5.20. The monoisotopic (exact) mass is 121 g/mol. The molecule has 1 saturated heterocycles. The number of hydrogen-bond donors (Lipinski definition) is 1. The summed E-state index contributed by atoms with van der Waals surface area (Å²) in [6, 6.07) is 0.315. The van der Waals surface area contributed by atoms with E-state index in [2.05, 4.69) is 18.1 Å². The number of allylic oxidation sites excluding steroid dienone is 2. The first kappa shape index (κ1) is 5.21. The molecular formula is C7H7NO. The van der Waals surface area contributed by atoms with Gasteiger partial charge in [0, 0.05) is 0 Å². The zero-order valence-corrected chi connectivity index (χ0v) is 4.87. The van der Waals surface area contributed by atoms with Crippen LogP contribution in [0.5, 0.6) is 0 Å². The largest absolute Gasteiger partial charge is 0.342 e. The van der Waals surface area contributed by atoms with E-state index >= 15 is 0 Å². The standard InChI is InChI=1S/C7H7NO/c1-2-4-7-6(3-1)8-5-9-7/h1-4,6-8H. The molecule has 1 fully saturated rings. The second kappa shape index (κ2) is 1.97. The zero-order chi connectivity index (χ0) is 6.10. The molecule has 0 aromatic heterocycles. The Morgan fingerprint density at radius 3 is 3.11 bits per heavy atom. The fraction of sp³-hybridized carbons (Fsp3) is 0.286. The molecule has 0 aromatic carbocycles. The Labute approximate surface area is 54.2 Å². The maximum atomic E-state index is 5.06. The summed E-state index contributed by atoms with van der Waals surface area (Å²) in [5, 5.41) is 2.95. The van der Waals surface area contributed by atoms with Crippen LogP contribution in [0.4, 0.5) is 0 Å². The predicted molar refractivity (Wildman–Crippen MR) is 33.3 cm³/mol. The molecule has 2 heteroatoms. The summed E-state index contributed by atoms with van der Waals surface area (Å²) in [6.45, 7) is 2.61. The summed E-state index contributed by atoms with van der Waals surface area (Å²) in [7, 11) is 0. The third-order valence-electron chi connectivity index (χ3n) is 1.50. The Kier molecular flexibility index (Phi) is 1.14. The fourth-order valence-corrected chi connectivity index (χ4v) is 1.000. The third-order valence-corrected chi connectivity index (χ3v) is 1.50. The second-order valence-electron chi connectivity index (χ2n) is 2.12. The van der Waals surface area contributed by atoms with Crippen molar-refractivity contribution >= 4 is 0 Å². The van der Waals surface area contributed by atoms with E-state index in [-0.39, 0.29) is 6.10 Å². The van der Waals surface area contributed by atoms with Gasteiger partial charge in [0.1, 0.15) is 0 Å². The van der Waals surface area contributed by atoms with Crippen LogP contribution in [0.3, 0.4) is 0 Å². The van der Waals surface area contributed by atoms with Crippen LogP contribution in [0, 0.1) is 6.73 Å². The minimum absolute atomic E-state index is 0.176. The highest BCUT2D eigenvalue weighted by atomic mass is 16.5. The van der Waals surface area contributed by atoms with Gasteiger partial charge in [-0.25, -0.2) is 0 Å². The molecule has 0 saturated carbocycles. The van der Waals surface area contributed by atoms with Crippen molar-refractivity contribution in [1.29, 1.82) is 0 Å². The molecule has 2 unspecified atom stereocenters. The van der Waals surface area contributed by atoms with Crippen LogP contribution in [0.2, 0.25) is 0 Å². The number of fused-ring (bicyclic) bond motifs is 1. The Bertz CT molecular complexity index is 144. The molecule has 2 radical (unpaired) electrons. The third kappa shape index (κ3) is 0.802. The number of nitrogens with one attached hydrogen (secondary N) is 1. The lowest BCUT2D eigenvalue weighted by molar-refractivity contribution is 0.189. The lowest BCUT2D eigenvalue weighted by Gasteiger charge is -2.11. The van der Waals surface area contributed by atoms with Gasteiger partial charge < -0.3 is 4.74 Å². The molecule has 0 aromatic rings. The van der Waals surface area contributed by atoms with Gasteiger partial charge in [0.15, 0.2) is 0 Å². The molecule has 1 heterocycles. The molecule has 2 nitrogen and oxygen atoms in total. The van der Waals surface area contributed by atoms with E-state index in [1.54, 1.807) is 0 Å². The smallest absolute Gasteiger partial charge is 0.215 e. The van der Waals surface area contributed by atoms with Gasteiger partial charge in [-0.1, -0.05) is 24.3 Å². The van der Waals surface area contributed by atoms with Crippen LogP contribution >= 0.6 is 0 Å². The Morgan fingerprint density at radius 1 is 1.33 bits per heavy atom. The Balaban J connectivity index is 2.18. The highest BCUT2D eigenvalue weighted by Crippen LogP contribution is 2.14. The first-order valence-electron chi connectivity index (χ1n) is 2.98.